The molecule has 0 fully saturated rings. The summed E-state index contributed by atoms with van der Waals surface area (Å²) < 4.78 is 3.30. The number of halogens is 1. The number of aromatic amines is 1. The van der Waals surface area contributed by atoms with E-state index in [1.54, 1.807) is 17.1 Å². The molecular formula is C15H25BrN9NaO4. The molecule has 3 rings (SSSR count). The number of hydrogen-bond acceptors (Lipinski definition) is 8. The van der Waals surface area contributed by atoms with Crippen molar-refractivity contribution in [2.45, 2.75) is 33.9 Å². The van der Waals surface area contributed by atoms with Gasteiger partial charge in [0.15, 0.2) is 0 Å². The molecule has 162 valence electrons. The summed E-state index contributed by atoms with van der Waals surface area (Å²) in [6, 6.07) is 0. The molecule has 0 aromatic carbocycles. The minimum atomic E-state index is -0.510. The monoisotopic (exact) mass is 497 g/mol. The van der Waals surface area contributed by atoms with Crippen molar-refractivity contribution in [1.82, 2.24) is 29.8 Å². The first kappa shape index (κ1) is 29.9. The normalized spacial score (nSPS) is 8.80. The van der Waals surface area contributed by atoms with E-state index in [0.717, 1.165) is 23.8 Å². The van der Waals surface area contributed by atoms with Crippen LogP contribution in [0.5, 0.6) is 0 Å². The number of nitrogens with zero attached hydrogens (tertiary/aromatic N) is 7. The van der Waals surface area contributed by atoms with Crippen molar-refractivity contribution in [2.24, 2.45) is 0 Å². The topological polar surface area (TPSA) is 177 Å². The maximum atomic E-state index is 10.1. The van der Waals surface area contributed by atoms with E-state index >= 15 is 0 Å². The number of nitrogen functional groups attached to an aromatic ring is 1. The Balaban J connectivity index is -0.000000348. The molecule has 0 saturated carbocycles. The van der Waals surface area contributed by atoms with E-state index in [1.165, 1.54) is 23.3 Å². The number of H-pyrrole nitrogens is 1. The van der Waals surface area contributed by atoms with Gasteiger partial charge in [0.2, 0.25) is 0 Å². The van der Waals surface area contributed by atoms with Gasteiger partial charge in [0.05, 0.1) is 27.9 Å². The molecule has 13 nitrogen and oxygen atoms in total. The van der Waals surface area contributed by atoms with Gasteiger partial charge in [0, 0.05) is 24.6 Å². The Bertz CT molecular complexity index is 845. The first-order chi connectivity index (χ1) is 13.8. The van der Waals surface area contributed by atoms with Gasteiger partial charge in [-0.25, -0.2) is 0 Å². The molecule has 0 radical (unpaired) electrons. The average molecular weight is 498 g/mol. The van der Waals surface area contributed by atoms with Gasteiger partial charge in [-0.2, -0.15) is 15.3 Å². The van der Waals surface area contributed by atoms with Gasteiger partial charge in [-0.1, -0.05) is 22.9 Å². The van der Waals surface area contributed by atoms with E-state index in [9.17, 15) is 20.2 Å². The van der Waals surface area contributed by atoms with Crippen LogP contribution < -0.4 is 35.3 Å². The summed E-state index contributed by atoms with van der Waals surface area (Å²) in [5.41, 5.74) is 6.13. The van der Waals surface area contributed by atoms with Crippen LogP contribution >= 0.6 is 15.9 Å². The van der Waals surface area contributed by atoms with Crippen molar-refractivity contribution in [3.8, 4) is 0 Å². The molecule has 0 unspecified atom stereocenters. The first-order valence-corrected chi connectivity index (χ1v) is 9.54. The van der Waals surface area contributed by atoms with Gasteiger partial charge in [-0.15, -0.1) is 0 Å². The molecule has 0 aliphatic rings. The molecule has 0 aliphatic carbocycles. The number of rotatable bonds is 4. The van der Waals surface area contributed by atoms with Crippen LogP contribution in [-0.2, 0) is 13.1 Å². The minimum absolute atomic E-state index is 0. The standard InChI is InChI=1S/C5H7N3O2.C5H9N3.C3H3N3O2.C2H5Br.Na.H/c1-2-7-4-5(3-6-7)8(9)10;1-2-8-4-5(6)3-7-8;7-6(8)3-1-4-5-2-3;1-2-3;;/h3-4H,2H2,1H3;3-4H,2,6H2,1H3;1-2H,(H,4,5);2H2,1H3;;/q;;;;+1;-1. The summed E-state index contributed by atoms with van der Waals surface area (Å²) in [5, 5.41) is 34.3. The first-order valence-electron chi connectivity index (χ1n) is 8.42. The molecule has 30 heavy (non-hydrogen) atoms. The number of nitrogens with one attached hydrogen (secondary N) is 1. The summed E-state index contributed by atoms with van der Waals surface area (Å²) in [5.74, 6) is 0. The van der Waals surface area contributed by atoms with Crippen molar-refractivity contribution in [2.75, 3.05) is 11.1 Å². The van der Waals surface area contributed by atoms with Crippen LogP contribution in [0.25, 0.3) is 0 Å². The van der Waals surface area contributed by atoms with Gasteiger partial charge < -0.3 is 7.16 Å². The fraction of sp³-hybridized carbons (Fsp3) is 0.400. The molecule has 15 heteroatoms. The summed E-state index contributed by atoms with van der Waals surface area (Å²) >= 11 is 3.15. The third-order valence-corrected chi connectivity index (χ3v) is 2.83. The second-order valence-corrected chi connectivity index (χ2v) is 6.04. The van der Waals surface area contributed by atoms with Crippen LogP contribution in [0, 0.1) is 20.2 Å². The van der Waals surface area contributed by atoms with E-state index in [1.807, 2.05) is 20.8 Å². The third kappa shape index (κ3) is 13.0. The maximum Gasteiger partial charge on any atom is 1.00 e. The summed E-state index contributed by atoms with van der Waals surface area (Å²) in [4.78, 5) is 18.9. The zero-order chi connectivity index (χ0) is 22.2. The third-order valence-electron chi connectivity index (χ3n) is 2.83. The Labute approximate surface area is 205 Å². The van der Waals surface area contributed by atoms with Crippen LogP contribution in [0.15, 0.2) is 37.2 Å². The number of nitro groups is 2. The van der Waals surface area contributed by atoms with Gasteiger partial charge in [0.25, 0.3) is 0 Å². The summed E-state index contributed by atoms with van der Waals surface area (Å²) in [6.07, 6.45) is 8.47. The Kier molecular flexibility index (Phi) is 17.5. The molecule has 3 heterocycles. The Hall–Kier alpha value is -2.29. The molecule has 0 aliphatic heterocycles. The van der Waals surface area contributed by atoms with Crippen LogP contribution in [0.3, 0.4) is 0 Å². The fourth-order valence-electron chi connectivity index (χ4n) is 1.52. The van der Waals surface area contributed by atoms with E-state index < -0.39 is 9.85 Å². The van der Waals surface area contributed by atoms with Crippen molar-refractivity contribution < 1.29 is 40.8 Å². The zero-order valence-electron chi connectivity index (χ0n) is 18.3. The smallest absolute Gasteiger partial charge is 1.00 e. The van der Waals surface area contributed by atoms with Gasteiger partial charge in [-0.05, 0) is 13.8 Å². The quantitative estimate of drug-likeness (QED) is 0.221. The Morgan fingerprint density at radius 1 is 1.03 bits per heavy atom. The molecule has 0 bridgehead atoms. The molecule has 0 atom stereocenters. The van der Waals surface area contributed by atoms with Crippen LogP contribution in [0.4, 0.5) is 17.1 Å². The van der Waals surface area contributed by atoms with Gasteiger partial charge >= 0.3 is 40.9 Å². The van der Waals surface area contributed by atoms with Crippen LogP contribution in [0.2, 0.25) is 0 Å². The van der Waals surface area contributed by atoms with E-state index in [0.29, 0.717) is 6.54 Å². The predicted molar refractivity (Wildman–Crippen MR) is 113 cm³/mol. The Morgan fingerprint density at radius 2 is 1.53 bits per heavy atom. The van der Waals surface area contributed by atoms with Crippen molar-refractivity contribution in [3.05, 3.63) is 57.4 Å². The molecular weight excluding hydrogens is 473 g/mol. The maximum absolute atomic E-state index is 10.1. The number of nitrogens with two attached hydrogens (primary N) is 1. The number of anilines is 1. The summed E-state index contributed by atoms with van der Waals surface area (Å²) in [6.45, 7) is 7.48. The fourth-order valence-corrected chi connectivity index (χ4v) is 1.52. The van der Waals surface area contributed by atoms with Crippen LogP contribution in [0.1, 0.15) is 22.2 Å². The molecule has 3 N–H and O–H groups in total. The van der Waals surface area contributed by atoms with Crippen molar-refractivity contribution in [1.29, 1.82) is 0 Å². The van der Waals surface area contributed by atoms with Crippen LogP contribution in [-0.4, -0.2) is 44.9 Å². The number of alkyl halides is 1. The van der Waals surface area contributed by atoms with Crippen molar-refractivity contribution in [3.63, 3.8) is 0 Å². The van der Waals surface area contributed by atoms with Gasteiger partial charge in [-0.3, -0.25) is 34.7 Å². The number of aryl methyl sites for hydroxylation is 2. The Morgan fingerprint density at radius 3 is 1.77 bits per heavy atom. The molecule has 3 aromatic heterocycles. The van der Waals surface area contributed by atoms with E-state index in [-0.39, 0.29) is 42.4 Å². The largest absolute Gasteiger partial charge is 1.00 e. The molecule has 0 spiro atoms. The number of aromatic nitrogens is 6. The van der Waals surface area contributed by atoms with Crippen molar-refractivity contribution >= 4 is 33.0 Å². The molecule has 3 aromatic rings. The predicted octanol–water partition coefficient (Wildman–Crippen LogP) is 0.132. The van der Waals surface area contributed by atoms with E-state index in [2.05, 4.69) is 36.3 Å². The summed E-state index contributed by atoms with van der Waals surface area (Å²) in [7, 11) is 0. The molecule has 0 amide bonds. The number of hydrogen-bond donors (Lipinski definition) is 2. The SMILES string of the molecule is CCBr.CCn1cc(N)cn1.CCn1cc([N+](=O)[O-])cn1.O=[N+]([O-])c1cn[nH]c1.[H-].[Na+]. The zero-order valence-corrected chi connectivity index (χ0v) is 20.9. The van der Waals surface area contributed by atoms with E-state index in [4.69, 9.17) is 5.73 Å². The molecule has 0 saturated heterocycles. The second-order valence-electron chi connectivity index (χ2n) is 4.92. The second kappa shape index (κ2) is 17.6. The van der Waals surface area contributed by atoms with Gasteiger partial charge in [0.1, 0.15) is 18.6 Å². The minimum Gasteiger partial charge on any atom is -1.00 e. The average Bonchev–Trinajstić information content (AvgIpc) is 3.44.